The molecule has 0 aliphatic carbocycles. The van der Waals surface area contributed by atoms with Crippen molar-refractivity contribution in [1.29, 1.82) is 0 Å². The van der Waals surface area contributed by atoms with Crippen LogP contribution in [0.5, 0.6) is 0 Å². The van der Waals surface area contributed by atoms with Crippen LogP contribution in [0.2, 0.25) is 0 Å². The monoisotopic (exact) mass is 1370 g/mol. The zero-order valence-electron chi connectivity index (χ0n) is 61.2. The third-order valence-electron chi connectivity index (χ3n) is 18.5. The van der Waals surface area contributed by atoms with Crippen LogP contribution in [0.25, 0.3) is 0 Å². The van der Waals surface area contributed by atoms with Crippen molar-refractivity contribution in [2.45, 2.75) is 423 Å². The molecule has 1 heterocycles. The highest BCUT2D eigenvalue weighted by Gasteiger charge is 2.49. The molecule has 0 aromatic rings. The van der Waals surface area contributed by atoms with Gasteiger partial charge in [-0.05, 0) is 46.0 Å². The van der Waals surface area contributed by atoms with Crippen LogP contribution in [-0.2, 0) is 62.0 Å². The molecule has 4 amide bonds. The molecule has 1 saturated heterocycles. The molecule has 0 saturated carbocycles. The zero-order valence-corrected chi connectivity index (χ0v) is 62.0. The van der Waals surface area contributed by atoms with E-state index in [9.17, 15) is 43.5 Å². The third-order valence-corrected chi connectivity index (χ3v) is 19.6. The molecule has 0 radical (unpaired) electrons. The Morgan fingerprint density at radius 2 is 0.884 bits per heavy atom. The molecular formula is C76H140N4O14S. The topological polar surface area (TPSA) is 265 Å². The number of unbranched alkanes of at least 4 members (excludes halogenated alkanes) is 42. The molecule has 1 unspecified atom stereocenters. The van der Waals surface area contributed by atoms with Crippen molar-refractivity contribution in [1.82, 2.24) is 16.0 Å². The smallest absolute Gasteiger partial charge is 0.306 e. The average Bonchev–Trinajstić information content (AvgIpc) is 0.794. The number of thioether (sulfide) groups is 1. The Bertz CT molecular complexity index is 1980. The molecule has 0 bridgehead atoms. The molecule has 1 rings (SSSR count). The predicted octanol–water partition coefficient (Wildman–Crippen LogP) is 16.7. The largest absolute Gasteiger partial charge is 0.469 e. The second kappa shape index (κ2) is 61.3. The Morgan fingerprint density at radius 1 is 0.495 bits per heavy atom. The van der Waals surface area contributed by atoms with Gasteiger partial charge < -0.3 is 50.5 Å². The Hall–Kier alpha value is -3.81. The molecule has 554 valence electrons. The summed E-state index contributed by atoms with van der Waals surface area (Å²) in [5, 5.41) is 19.4. The quantitative estimate of drug-likeness (QED) is 0.0215. The van der Waals surface area contributed by atoms with Gasteiger partial charge in [-0.25, -0.2) is 0 Å². The van der Waals surface area contributed by atoms with E-state index in [-0.39, 0.29) is 38.1 Å². The molecule has 9 atom stereocenters. The highest BCUT2D eigenvalue weighted by Crippen LogP contribution is 2.34. The number of methoxy groups -OCH3 is 1. The van der Waals surface area contributed by atoms with E-state index >= 15 is 0 Å². The van der Waals surface area contributed by atoms with Crippen molar-refractivity contribution in [2.24, 2.45) is 5.73 Å². The third kappa shape index (κ3) is 49.4. The summed E-state index contributed by atoms with van der Waals surface area (Å²) in [5.41, 5.74) is 4.26. The number of carbonyl (C=O) groups excluding carboxylic acids is 8. The molecule has 1 aliphatic rings. The van der Waals surface area contributed by atoms with E-state index in [4.69, 9.17) is 24.7 Å². The molecule has 1 aliphatic heterocycles. The van der Waals surface area contributed by atoms with Crippen LogP contribution in [0.4, 0.5) is 0 Å². The number of nitrogens with two attached hydrogens (primary N) is 1. The summed E-state index contributed by atoms with van der Waals surface area (Å²) in [4.78, 5) is 105. The number of ether oxygens (including phenoxy) is 5. The fourth-order valence-electron chi connectivity index (χ4n) is 12.4. The highest BCUT2D eigenvalue weighted by atomic mass is 32.2. The number of aliphatic hydroxyl groups excluding tert-OH is 1. The van der Waals surface area contributed by atoms with Gasteiger partial charge in [0, 0.05) is 26.2 Å². The zero-order chi connectivity index (χ0) is 69.9. The Morgan fingerprint density at radius 3 is 1.27 bits per heavy atom. The molecule has 6 N–H and O–H groups in total. The standard InChI is InChI=1S/C76H140N4O14S/c1-8-11-14-17-20-23-25-27-29-30-31-32-33-34-36-38-40-43-46-49-52-55-68(84)93-63(53-50-47-44-41-22-19-16-13-10-3)58-69(85)95-76-70(79-62(6)81)72(92-61(5)75(89)78-60(4)74(88)80-64(73(77)87)56-57-66(82)90-7)71(86)65(94-76)59-91-67(83)54-51-48-45-42-39-37-35-28-26-24-21-18-15-12-9-2/h60-61,63-65,70-72,76,86H,8-59H2,1-7H3,(H2,77,87)(H,78,89)(H,79,81)(H,80,88)/t60-,61?,63+,64+,65+,70+,71+,72-,76-/m0/s1. The van der Waals surface area contributed by atoms with Gasteiger partial charge in [-0.1, -0.05) is 302 Å². The lowest BCUT2D eigenvalue weighted by atomic mass is 9.97. The minimum atomic E-state index is -1.61. The van der Waals surface area contributed by atoms with Crippen LogP contribution in [-0.4, -0.2) is 120 Å². The van der Waals surface area contributed by atoms with Crippen LogP contribution in [0.1, 0.15) is 369 Å². The van der Waals surface area contributed by atoms with Crippen molar-refractivity contribution < 1.29 is 67.1 Å². The van der Waals surface area contributed by atoms with Gasteiger partial charge in [-0.2, -0.15) is 0 Å². The van der Waals surface area contributed by atoms with E-state index in [1.54, 1.807) is 0 Å². The lowest BCUT2D eigenvalue weighted by Crippen LogP contribution is -2.65. The Kier molecular flexibility index (Phi) is 57.6. The number of nitrogens with one attached hydrogen (secondary N) is 3. The van der Waals surface area contributed by atoms with E-state index in [0.717, 1.165) is 76.0 Å². The first kappa shape index (κ1) is 89.2. The van der Waals surface area contributed by atoms with Gasteiger partial charge in [0.1, 0.15) is 54.6 Å². The number of esters is 3. The van der Waals surface area contributed by atoms with Gasteiger partial charge in [0.05, 0.1) is 19.6 Å². The number of amides is 4. The number of hydrogen-bond donors (Lipinski definition) is 5. The average molecular weight is 1370 g/mol. The maximum Gasteiger partial charge on any atom is 0.306 e. The summed E-state index contributed by atoms with van der Waals surface area (Å²) < 4.78 is 29.1. The van der Waals surface area contributed by atoms with Gasteiger partial charge in [0.2, 0.25) is 23.6 Å². The molecule has 19 heteroatoms. The van der Waals surface area contributed by atoms with Gasteiger partial charge in [-0.15, -0.1) is 0 Å². The summed E-state index contributed by atoms with van der Waals surface area (Å²) in [6, 6.07) is -3.72. The first-order chi connectivity index (χ1) is 46.0. The summed E-state index contributed by atoms with van der Waals surface area (Å²) in [5.74, 6) is -4.49. The molecule has 0 spiro atoms. The number of primary amides is 1. The van der Waals surface area contributed by atoms with Gasteiger partial charge in [0.15, 0.2) is 5.12 Å². The van der Waals surface area contributed by atoms with Crippen molar-refractivity contribution in [3.8, 4) is 0 Å². The molecule has 0 aromatic carbocycles. The maximum absolute atomic E-state index is 14.4. The second-order valence-corrected chi connectivity index (χ2v) is 28.6. The maximum atomic E-state index is 14.4. The minimum Gasteiger partial charge on any atom is -0.469 e. The molecule has 95 heavy (non-hydrogen) atoms. The minimum absolute atomic E-state index is 0.136. The lowest BCUT2D eigenvalue weighted by molar-refractivity contribution is -0.204. The first-order valence-corrected chi connectivity index (χ1v) is 39.6. The van der Waals surface area contributed by atoms with Crippen molar-refractivity contribution >= 4 is 58.4 Å². The first-order valence-electron chi connectivity index (χ1n) is 38.7. The van der Waals surface area contributed by atoms with Crippen molar-refractivity contribution in [3.63, 3.8) is 0 Å². The van der Waals surface area contributed by atoms with Crippen LogP contribution >= 0.6 is 11.8 Å². The Balaban J connectivity index is 3.08. The lowest BCUT2D eigenvalue weighted by Gasteiger charge is -2.44. The fraction of sp³-hybridized carbons (Fsp3) is 0.895. The van der Waals surface area contributed by atoms with E-state index in [2.05, 4.69) is 41.5 Å². The summed E-state index contributed by atoms with van der Waals surface area (Å²) in [6.45, 7) is 10.3. The van der Waals surface area contributed by atoms with Crippen LogP contribution in [0.3, 0.4) is 0 Å². The Labute approximate surface area is 581 Å². The number of aliphatic hydroxyl groups is 1. The van der Waals surface area contributed by atoms with Crippen LogP contribution in [0, 0.1) is 0 Å². The molecular weight excluding hydrogens is 1220 g/mol. The van der Waals surface area contributed by atoms with Crippen molar-refractivity contribution in [3.05, 3.63) is 0 Å². The molecule has 18 nitrogen and oxygen atoms in total. The second-order valence-electron chi connectivity index (χ2n) is 27.4. The van der Waals surface area contributed by atoms with Crippen molar-refractivity contribution in [2.75, 3.05) is 13.7 Å². The predicted molar refractivity (Wildman–Crippen MR) is 383 cm³/mol. The molecule has 1 fully saturated rings. The fourth-order valence-corrected chi connectivity index (χ4v) is 13.5. The van der Waals surface area contributed by atoms with E-state index in [0.29, 0.717) is 19.3 Å². The summed E-state index contributed by atoms with van der Waals surface area (Å²) >= 11 is 0.748. The summed E-state index contributed by atoms with van der Waals surface area (Å²) in [7, 11) is 1.19. The SMILES string of the molecule is CCCCCCCCCCCCCCCCCCCCCCCC(=O)O[C@H](CCCCCCCCCCC)CC(=O)S[C@@H]1O[C@H](COC(=O)CCCCCCCCCCCCCCCCC)[C@@H](O)[C@@H](OC(C)C(=O)N[C@@H](C)C(=O)N[C@H](CCC(=O)OC)C(N)=O)[C@H]1NC(C)=O. The van der Waals surface area contributed by atoms with E-state index in [1.165, 1.54) is 240 Å². The van der Waals surface area contributed by atoms with E-state index in [1.807, 2.05) is 0 Å². The summed E-state index contributed by atoms with van der Waals surface area (Å²) in [6.07, 6.45) is 48.3. The normalized spacial score (nSPS) is 17.5. The molecule has 0 aromatic heterocycles. The van der Waals surface area contributed by atoms with Crippen LogP contribution < -0.4 is 21.7 Å². The van der Waals surface area contributed by atoms with Gasteiger partial charge in [0.25, 0.3) is 0 Å². The van der Waals surface area contributed by atoms with Gasteiger partial charge in [-0.3, -0.25) is 38.4 Å². The van der Waals surface area contributed by atoms with Gasteiger partial charge >= 0.3 is 17.9 Å². The number of hydrogen-bond acceptors (Lipinski definition) is 15. The number of rotatable bonds is 65. The van der Waals surface area contributed by atoms with E-state index < -0.39 is 101 Å². The highest BCUT2D eigenvalue weighted by molar-refractivity contribution is 8.14. The van der Waals surface area contributed by atoms with Crippen LogP contribution in [0.15, 0.2) is 0 Å². The number of carbonyl (C=O) groups is 8.